The average Bonchev–Trinajstić information content (AvgIpc) is 3.09. The normalized spacial score (nSPS) is 23.4. The number of nitrogens with one attached hydrogen (secondary N) is 1. The van der Waals surface area contributed by atoms with Gasteiger partial charge in [0.25, 0.3) is 0 Å². The van der Waals surface area contributed by atoms with Crippen molar-refractivity contribution in [3.05, 3.63) is 35.9 Å². The maximum absolute atomic E-state index is 11.7. The Hall–Kier alpha value is -1.35. The van der Waals surface area contributed by atoms with Crippen LogP contribution in [0, 0.1) is 0 Å². The Morgan fingerprint density at radius 2 is 2.17 bits per heavy atom. The first-order valence-electron chi connectivity index (χ1n) is 6.76. The van der Waals surface area contributed by atoms with Crippen molar-refractivity contribution in [2.75, 3.05) is 0 Å². The number of carbonyl (C=O) groups excluding carboxylic acids is 1. The summed E-state index contributed by atoms with van der Waals surface area (Å²) < 4.78 is 0. The maximum Gasteiger partial charge on any atom is 0.220 e. The molecule has 1 fully saturated rings. The van der Waals surface area contributed by atoms with E-state index in [1.807, 2.05) is 13.0 Å². The van der Waals surface area contributed by atoms with Crippen LogP contribution in [0.3, 0.4) is 0 Å². The van der Waals surface area contributed by atoms with E-state index in [0.29, 0.717) is 18.4 Å². The van der Waals surface area contributed by atoms with Crippen molar-refractivity contribution in [1.82, 2.24) is 5.32 Å². The largest absolute Gasteiger partial charge is 0.353 e. The van der Waals surface area contributed by atoms with Gasteiger partial charge in [-0.15, -0.1) is 0 Å². The van der Waals surface area contributed by atoms with E-state index in [2.05, 4.69) is 29.6 Å². The van der Waals surface area contributed by atoms with Gasteiger partial charge in [-0.1, -0.05) is 30.3 Å². The Balaban J connectivity index is 1.68. The first kappa shape index (κ1) is 13.1. The van der Waals surface area contributed by atoms with Crippen molar-refractivity contribution in [1.29, 1.82) is 0 Å². The van der Waals surface area contributed by atoms with Crippen LogP contribution in [0.5, 0.6) is 0 Å². The molecule has 18 heavy (non-hydrogen) atoms. The average molecular weight is 246 g/mol. The Morgan fingerprint density at radius 3 is 2.83 bits per heavy atom. The molecule has 3 N–H and O–H groups in total. The third-order valence-corrected chi connectivity index (χ3v) is 3.43. The van der Waals surface area contributed by atoms with Gasteiger partial charge in [0.1, 0.15) is 0 Å². The molecule has 1 aliphatic carbocycles. The standard InChI is InChI=1S/C15H22N2O/c1-11(16)6-5-9-15(18)17-14-10-13(14)12-7-3-2-4-8-12/h2-4,7-8,11,13-14H,5-6,9-10,16H2,1H3,(H,17,18). The van der Waals surface area contributed by atoms with E-state index in [4.69, 9.17) is 5.73 Å². The molecule has 3 unspecified atom stereocenters. The molecule has 1 amide bonds. The van der Waals surface area contributed by atoms with E-state index in [-0.39, 0.29) is 11.9 Å². The van der Waals surface area contributed by atoms with Crippen molar-refractivity contribution in [3.8, 4) is 0 Å². The van der Waals surface area contributed by atoms with E-state index in [9.17, 15) is 4.79 Å². The van der Waals surface area contributed by atoms with E-state index in [0.717, 1.165) is 19.3 Å². The van der Waals surface area contributed by atoms with Gasteiger partial charge >= 0.3 is 0 Å². The van der Waals surface area contributed by atoms with Crippen LogP contribution in [0.2, 0.25) is 0 Å². The highest BCUT2D eigenvalue weighted by atomic mass is 16.1. The molecule has 0 radical (unpaired) electrons. The molecule has 0 spiro atoms. The van der Waals surface area contributed by atoms with Crippen molar-refractivity contribution in [2.24, 2.45) is 5.73 Å². The van der Waals surface area contributed by atoms with Crippen LogP contribution in [-0.4, -0.2) is 18.0 Å². The van der Waals surface area contributed by atoms with Gasteiger partial charge in [-0.2, -0.15) is 0 Å². The van der Waals surface area contributed by atoms with Gasteiger partial charge in [0.15, 0.2) is 0 Å². The Morgan fingerprint density at radius 1 is 1.44 bits per heavy atom. The van der Waals surface area contributed by atoms with Crippen LogP contribution < -0.4 is 11.1 Å². The lowest BCUT2D eigenvalue weighted by Crippen LogP contribution is -2.26. The van der Waals surface area contributed by atoms with E-state index in [1.165, 1.54) is 5.56 Å². The number of amides is 1. The summed E-state index contributed by atoms with van der Waals surface area (Å²) in [5.74, 6) is 0.683. The summed E-state index contributed by atoms with van der Waals surface area (Å²) in [6.07, 6.45) is 3.47. The van der Waals surface area contributed by atoms with Crippen LogP contribution in [0.15, 0.2) is 30.3 Å². The summed E-state index contributed by atoms with van der Waals surface area (Å²) in [5.41, 5.74) is 6.99. The minimum atomic E-state index is 0.166. The molecule has 1 aromatic carbocycles. The second kappa shape index (κ2) is 6.01. The topological polar surface area (TPSA) is 55.1 Å². The lowest BCUT2D eigenvalue weighted by atomic mass is 10.1. The van der Waals surface area contributed by atoms with Crippen LogP contribution in [-0.2, 0) is 4.79 Å². The minimum absolute atomic E-state index is 0.166. The van der Waals surface area contributed by atoms with Gasteiger partial charge in [0.05, 0.1) is 0 Å². The zero-order chi connectivity index (χ0) is 13.0. The highest BCUT2D eigenvalue weighted by Crippen LogP contribution is 2.40. The molecule has 1 saturated carbocycles. The lowest BCUT2D eigenvalue weighted by Gasteiger charge is -2.06. The fourth-order valence-electron chi connectivity index (χ4n) is 2.29. The fraction of sp³-hybridized carbons (Fsp3) is 0.533. The molecule has 1 aliphatic rings. The Labute approximate surface area is 109 Å². The summed E-state index contributed by atoms with van der Waals surface area (Å²) in [6.45, 7) is 1.98. The SMILES string of the molecule is CC(N)CCCC(=O)NC1CC1c1ccccc1. The number of hydrogen-bond acceptors (Lipinski definition) is 2. The fourth-order valence-corrected chi connectivity index (χ4v) is 2.29. The maximum atomic E-state index is 11.7. The molecule has 0 heterocycles. The van der Waals surface area contributed by atoms with Crippen LogP contribution in [0.25, 0.3) is 0 Å². The summed E-state index contributed by atoms with van der Waals surface area (Å²) in [7, 11) is 0. The zero-order valence-corrected chi connectivity index (χ0v) is 10.9. The third-order valence-electron chi connectivity index (χ3n) is 3.43. The summed E-state index contributed by atoms with van der Waals surface area (Å²) in [4.78, 5) is 11.7. The van der Waals surface area contributed by atoms with Gasteiger partial charge in [-0.3, -0.25) is 4.79 Å². The number of carbonyl (C=O) groups is 1. The molecule has 0 aliphatic heterocycles. The predicted molar refractivity (Wildman–Crippen MR) is 73.2 cm³/mol. The smallest absolute Gasteiger partial charge is 0.220 e. The van der Waals surface area contributed by atoms with Crippen molar-refractivity contribution in [2.45, 2.75) is 50.6 Å². The van der Waals surface area contributed by atoms with Gasteiger partial charge in [-0.25, -0.2) is 0 Å². The predicted octanol–water partition coefficient (Wildman–Crippen LogP) is 2.18. The van der Waals surface area contributed by atoms with Gasteiger partial charge in [0.2, 0.25) is 5.91 Å². The monoisotopic (exact) mass is 246 g/mol. The molecule has 0 saturated heterocycles. The third kappa shape index (κ3) is 3.84. The van der Waals surface area contributed by atoms with Crippen molar-refractivity contribution < 1.29 is 4.79 Å². The van der Waals surface area contributed by atoms with Gasteiger partial charge < -0.3 is 11.1 Å². The number of hydrogen-bond donors (Lipinski definition) is 2. The summed E-state index contributed by atoms with van der Waals surface area (Å²) in [6, 6.07) is 10.9. The molecule has 3 nitrogen and oxygen atoms in total. The molecule has 1 aromatic rings. The van der Waals surface area contributed by atoms with Gasteiger partial charge in [-0.05, 0) is 31.7 Å². The molecule has 2 rings (SSSR count). The van der Waals surface area contributed by atoms with Crippen molar-refractivity contribution in [3.63, 3.8) is 0 Å². The Bertz CT molecular complexity index is 389. The summed E-state index contributed by atoms with van der Waals surface area (Å²) in [5, 5.41) is 3.10. The summed E-state index contributed by atoms with van der Waals surface area (Å²) >= 11 is 0. The van der Waals surface area contributed by atoms with Crippen LogP contribution in [0.1, 0.15) is 44.1 Å². The first-order chi connectivity index (χ1) is 8.66. The van der Waals surface area contributed by atoms with Gasteiger partial charge in [0, 0.05) is 24.4 Å². The number of nitrogens with two attached hydrogens (primary N) is 1. The van der Waals surface area contributed by atoms with E-state index < -0.39 is 0 Å². The number of benzene rings is 1. The van der Waals surface area contributed by atoms with Crippen molar-refractivity contribution >= 4 is 5.91 Å². The molecule has 0 aromatic heterocycles. The van der Waals surface area contributed by atoms with E-state index >= 15 is 0 Å². The second-order valence-corrected chi connectivity index (χ2v) is 5.30. The lowest BCUT2D eigenvalue weighted by molar-refractivity contribution is -0.121. The molecule has 98 valence electrons. The van der Waals surface area contributed by atoms with Crippen LogP contribution in [0.4, 0.5) is 0 Å². The molecule has 3 atom stereocenters. The molecular weight excluding hydrogens is 224 g/mol. The first-order valence-corrected chi connectivity index (χ1v) is 6.76. The van der Waals surface area contributed by atoms with Crippen LogP contribution >= 0.6 is 0 Å². The van der Waals surface area contributed by atoms with E-state index in [1.54, 1.807) is 0 Å². The highest BCUT2D eigenvalue weighted by Gasteiger charge is 2.39. The molecule has 3 heteroatoms. The molecule has 0 bridgehead atoms. The minimum Gasteiger partial charge on any atom is -0.353 e. The highest BCUT2D eigenvalue weighted by molar-refractivity contribution is 5.76. The number of rotatable bonds is 6. The quantitative estimate of drug-likeness (QED) is 0.808. The molecular formula is C15H22N2O. The Kier molecular flexibility index (Phi) is 4.37. The zero-order valence-electron chi connectivity index (χ0n) is 10.9. The second-order valence-electron chi connectivity index (χ2n) is 5.30.